The molecule has 3 heterocycles. The Balaban J connectivity index is 1.51. The number of hydrogen-bond acceptors (Lipinski definition) is 7. The molecule has 2 fully saturated rings. The molecule has 206 valence electrons. The van der Waals surface area contributed by atoms with Crippen LogP contribution in [0.5, 0.6) is 0 Å². The van der Waals surface area contributed by atoms with Crippen LogP contribution in [-0.2, 0) is 6.54 Å². The van der Waals surface area contributed by atoms with E-state index in [-0.39, 0.29) is 18.2 Å². The fraction of sp³-hybridized carbons (Fsp3) is 0.633. The van der Waals surface area contributed by atoms with Crippen molar-refractivity contribution < 1.29 is 5.11 Å². The van der Waals surface area contributed by atoms with Crippen molar-refractivity contribution in [3.05, 3.63) is 40.3 Å². The molecule has 0 radical (unpaired) electrons. The maximum atomic E-state index is 14.1. The van der Waals surface area contributed by atoms with Gasteiger partial charge in [0.25, 0.3) is 5.56 Å². The average Bonchev–Trinajstić information content (AvgIpc) is 3.74. The van der Waals surface area contributed by atoms with Crippen molar-refractivity contribution in [2.75, 3.05) is 44.6 Å². The fourth-order valence-corrected chi connectivity index (χ4v) is 5.87. The number of aromatic nitrogens is 3. The summed E-state index contributed by atoms with van der Waals surface area (Å²) < 4.78 is 1.84. The molecule has 1 saturated heterocycles. The van der Waals surface area contributed by atoms with Gasteiger partial charge in [0.05, 0.1) is 0 Å². The van der Waals surface area contributed by atoms with E-state index in [0.29, 0.717) is 29.4 Å². The number of aliphatic hydroxyl groups excluding tert-OH is 1. The van der Waals surface area contributed by atoms with E-state index < -0.39 is 0 Å². The summed E-state index contributed by atoms with van der Waals surface area (Å²) >= 11 is 0. The largest absolute Gasteiger partial charge is 0.396 e. The van der Waals surface area contributed by atoms with Crippen LogP contribution in [0.25, 0.3) is 21.8 Å². The molecule has 8 nitrogen and oxygen atoms in total. The van der Waals surface area contributed by atoms with Crippen LogP contribution in [0.2, 0.25) is 0 Å². The monoisotopic (exact) mass is 520 g/mol. The van der Waals surface area contributed by atoms with Gasteiger partial charge in [0, 0.05) is 74.9 Å². The van der Waals surface area contributed by atoms with E-state index in [1.165, 1.54) is 12.8 Å². The van der Waals surface area contributed by atoms with Crippen molar-refractivity contribution >= 4 is 27.8 Å². The highest BCUT2D eigenvalue weighted by Crippen LogP contribution is 2.32. The Hall–Kier alpha value is -2.55. The molecule has 2 N–H and O–H groups in total. The van der Waals surface area contributed by atoms with Crippen LogP contribution in [0.15, 0.2) is 29.2 Å². The van der Waals surface area contributed by atoms with Gasteiger partial charge in [0.1, 0.15) is 5.65 Å². The van der Waals surface area contributed by atoms with Crippen LogP contribution >= 0.6 is 0 Å². The van der Waals surface area contributed by atoms with Crippen molar-refractivity contribution in [1.82, 2.24) is 24.3 Å². The van der Waals surface area contributed by atoms with E-state index in [9.17, 15) is 9.90 Å². The molecule has 3 aromatic rings. The Labute approximate surface area is 226 Å². The van der Waals surface area contributed by atoms with E-state index >= 15 is 0 Å². The summed E-state index contributed by atoms with van der Waals surface area (Å²) in [5.74, 6) is 1.40. The summed E-state index contributed by atoms with van der Waals surface area (Å²) in [4.78, 5) is 28.6. The normalized spacial score (nSPS) is 18.0. The van der Waals surface area contributed by atoms with Gasteiger partial charge in [0.2, 0.25) is 5.95 Å². The highest BCUT2D eigenvalue weighted by atomic mass is 16.3. The zero-order valence-electron chi connectivity index (χ0n) is 23.3. The van der Waals surface area contributed by atoms with Gasteiger partial charge in [-0.2, -0.15) is 4.98 Å². The van der Waals surface area contributed by atoms with Gasteiger partial charge in [0.15, 0.2) is 0 Å². The van der Waals surface area contributed by atoms with Crippen molar-refractivity contribution in [1.29, 1.82) is 0 Å². The van der Waals surface area contributed by atoms with Crippen molar-refractivity contribution in [2.45, 2.75) is 77.9 Å². The number of benzene rings is 1. The molecule has 38 heavy (non-hydrogen) atoms. The molecular formula is C30H44N6O2. The lowest BCUT2D eigenvalue weighted by molar-refractivity contribution is 0.104. The summed E-state index contributed by atoms with van der Waals surface area (Å²) in [6, 6.07) is 6.78. The minimum Gasteiger partial charge on any atom is -0.396 e. The third-order valence-corrected chi connectivity index (χ3v) is 8.35. The van der Waals surface area contributed by atoms with Crippen LogP contribution < -0.4 is 10.9 Å². The number of fused-ring (bicyclic) bond motifs is 3. The van der Waals surface area contributed by atoms with Crippen molar-refractivity contribution in [3.63, 3.8) is 0 Å². The van der Waals surface area contributed by atoms with Gasteiger partial charge in [-0.05, 0) is 56.0 Å². The van der Waals surface area contributed by atoms with Crippen LogP contribution in [0.4, 0.5) is 5.95 Å². The Morgan fingerprint density at radius 3 is 2.55 bits per heavy atom. The predicted molar refractivity (Wildman–Crippen MR) is 155 cm³/mol. The van der Waals surface area contributed by atoms with Gasteiger partial charge >= 0.3 is 0 Å². The molecule has 1 atom stereocenters. The second-order valence-corrected chi connectivity index (χ2v) is 11.5. The van der Waals surface area contributed by atoms with Gasteiger partial charge < -0.3 is 10.4 Å². The number of piperazine rings is 1. The number of aliphatic hydroxyl groups is 1. The third kappa shape index (κ3) is 6.03. The number of hydrogen-bond donors (Lipinski definition) is 2. The Morgan fingerprint density at radius 2 is 1.87 bits per heavy atom. The van der Waals surface area contributed by atoms with Crippen LogP contribution in [-0.4, -0.2) is 74.8 Å². The Kier molecular flexibility index (Phi) is 8.61. The molecule has 0 amide bonds. The first-order chi connectivity index (χ1) is 18.5. The molecule has 8 heteroatoms. The first-order valence-corrected chi connectivity index (χ1v) is 14.6. The quantitative estimate of drug-likeness (QED) is 0.342. The molecule has 2 aromatic heterocycles. The van der Waals surface area contributed by atoms with Crippen LogP contribution in [0.1, 0.15) is 70.9 Å². The highest BCUT2D eigenvalue weighted by Gasteiger charge is 2.23. The van der Waals surface area contributed by atoms with E-state index in [1.54, 1.807) is 0 Å². The molecule has 0 unspecified atom stereocenters. The van der Waals surface area contributed by atoms with Gasteiger partial charge in [-0.15, -0.1) is 0 Å². The van der Waals surface area contributed by atoms with Crippen molar-refractivity contribution in [3.8, 4) is 0 Å². The smallest absolute Gasteiger partial charge is 0.260 e. The average molecular weight is 521 g/mol. The molecule has 5 rings (SSSR count). The van der Waals surface area contributed by atoms with E-state index in [2.05, 4.69) is 59.1 Å². The minimum absolute atomic E-state index is 0.0199. The van der Waals surface area contributed by atoms with Gasteiger partial charge in [-0.3, -0.25) is 19.2 Å². The predicted octanol–water partition coefficient (Wildman–Crippen LogP) is 4.41. The van der Waals surface area contributed by atoms with E-state index in [4.69, 9.17) is 4.98 Å². The summed E-state index contributed by atoms with van der Waals surface area (Å²) in [7, 11) is 0. The minimum atomic E-state index is -0.105. The molecule has 1 aliphatic heterocycles. The third-order valence-electron chi connectivity index (χ3n) is 8.35. The zero-order chi connectivity index (χ0) is 26.6. The topological polar surface area (TPSA) is 86.5 Å². The maximum absolute atomic E-state index is 14.1. The molecule has 0 bridgehead atoms. The molecular weight excluding hydrogens is 476 g/mol. The first-order valence-electron chi connectivity index (χ1n) is 14.6. The summed E-state index contributed by atoms with van der Waals surface area (Å²) in [6.07, 6.45) is 7.91. The number of pyridine rings is 1. The lowest BCUT2D eigenvalue weighted by atomic mass is 10.0. The molecule has 1 saturated carbocycles. The lowest BCUT2D eigenvalue weighted by Gasteiger charge is -2.37. The summed E-state index contributed by atoms with van der Waals surface area (Å²) in [5, 5.41) is 15.7. The van der Waals surface area contributed by atoms with Gasteiger partial charge in [-0.1, -0.05) is 38.3 Å². The summed E-state index contributed by atoms with van der Waals surface area (Å²) in [6.45, 7) is 12.6. The number of rotatable bonds is 12. The van der Waals surface area contributed by atoms with Gasteiger partial charge in [-0.25, -0.2) is 4.98 Å². The number of nitrogens with one attached hydrogen (secondary N) is 1. The van der Waals surface area contributed by atoms with E-state index in [0.717, 1.165) is 80.8 Å². The summed E-state index contributed by atoms with van der Waals surface area (Å²) in [5.41, 5.74) is 1.80. The van der Waals surface area contributed by atoms with Crippen LogP contribution in [0, 0.1) is 5.92 Å². The number of nitrogens with zero attached hydrogens (tertiary/aromatic N) is 5. The second kappa shape index (κ2) is 12.1. The molecule has 1 aromatic carbocycles. The van der Waals surface area contributed by atoms with Crippen LogP contribution in [0.3, 0.4) is 0 Å². The van der Waals surface area contributed by atoms with Crippen molar-refractivity contribution in [2.24, 2.45) is 5.92 Å². The second-order valence-electron chi connectivity index (χ2n) is 11.5. The molecule has 2 aliphatic rings. The van der Waals surface area contributed by atoms with E-state index in [1.807, 2.05) is 10.8 Å². The fourth-order valence-electron chi connectivity index (χ4n) is 5.87. The standard InChI is InChI=1S/C30H44N6O2/c1-4-5-24(11-17-37)36-28-27(19-32-30(33-28)31-12-10-22-6-7-22)25-9-8-23(18-26(25)29(36)38)20-34-13-15-35(16-14-34)21(2)3/h8-9,18-19,21-22,24,37H,4-7,10-17,20H2,1-3H3,(H,31,32,33)/t24-/m0/s1. The number of anilines is 1. The molecule has 1 aliphatic carbocycles. The lowest BCUT2D eigenvalue weighted by Crippen LogP contribution is -2.48. The zero-order valence-corrected chi connectivity index (χ0v) is 23.3. The highest BCUT2D eigenvalue weighted by molar-refractivity contribution is 6.04. The first kappa shape index (κ1) is 27.0. The Morgan fingerprint density at radius 1 is 1.08 bits per heavy atom. The Bertz CT molecular complexity index is 1290. The SMILES string of the molecule is CCC[C@@H](CCO)n1c(=O)c2cc(CN3CCN(C(C)C)CC3)ccc2c2cnc(NCCC3CC3)nc21. The maximum Gasteiger partial charge on any atom is 0.260 e. The molecule has 0 spiro atoms.